The highest BCUT2D eigenvalue weighted by atomic mass is 32.2. The van der Waals surface area contributed by atoms with Crippen LogP contribution in [0.1, 0.15) is 12.0 Å². The molecule has 0 bridgehead atoms. The van der Waals surface area contributed by atoms with Gasteiger partial charge in [0.1, 0.15) is 0 Å². The lowest BCUT2D eigenvalue weighted by Crippen LogP contribution is -2.29. The quantitative estimate of drug-likeness (QED) is 0.587. The maximum Gasteiger partial charge on any atom is 0.311 e. The Labute approximate surface area is 112 Å². The molecule has 0 aliphatic heterocycles. The molecule has 1 N–H and O–H groups in total. The van der Waals surface area contributed by atoms with E-state index in [1.807, 2.05) is 14.1 Å². The molecule has 0 heterocycles. The Kier molecular flexibility index (Phi) is 5.25. The van der Waals surface area contributed by atoms with Gasteiger partial charge in [0.15, 0.2) is 5.03 Å². The number of hydrogen-bond acceptors (Lipinski definition) is 5. The topological polar surface area (TPSA) is 92.6 Å². The fraction of sp³-hybridized carbons (Fsp3) is 0.455. The number of nitrogens with one attached hydrogen (secondary N) is 1. The fourth-order valence-corrected chi connectivity index (χ4v) is 2.38. The van der Waals surface area contributed by atoms with Crippen molar-refractivity contribution >= 4 is 10.0 Å². The first-order chi connectivity index (χ1) is 8.81. The molecule has 0 unspecified atom stereocenters. The second-order valence-electron chi connectivity index (χ2n) is 4.40. The Balaban J connectivity index is 2.68. The highest BCUT2D eigenvalue weighted by Gasteiger charge is 2.18. The Morgan fingerprint density at radius 2 is 1.84 bits per heavy atom. The minimum absolute atomic E-state index is 0.111. The Morgan fingerprint density at radius 1 is 1.26 bits per heavy atom. The van der Waals surface area contributed by atoms with E-state index >= 15 is 0 Å². The zero-order valence-corrected chi connectivity index (χ0v) is 11.7. The molecule has 0 saturated carbocycles. The van der Waals surface area contributed by atoms with Gasteiger partial charge in [0.2, 0.25) is 0 Å². The average molecular weight is 287 g/mol. The molecule has 0 spiro atoms. The van der Waals surface area contributed by atoms with Gasteiger partial charge in [-0.15, -0.1) is 0 Å². The van der Waals surface area contributed by atoms with E-state index in [9.17, 15) is 18.5 Å². The lowest BCUT2D eigenvalue weighted by molar-refractivity contribution is -0.518. The van der Waals surface area contributed by atoms with Crippen molar-refractivity contribution in [2.75, 3.05) is 20.6 Å². The summed E-state index contributed by atoms with van der Waals surface area (Å²) in [5, 5.41) is 9.09. The van der Waals surface area contributed by atoms with Crippen LogP contribution in [0.3, 0.4) is 0 Å². The predicted octanol–water partition coefficient (Wildman–Crippen LogP) is 0.651. The summed E-state index contributed by atoms with van der Waals surface area (Å²) in [6.45, 7) is 0.947. The number of hydrogen-bond donors (Lipinski definition) is 1. The first kappa shape index (κ1) is 15.4. The van der Waals surface area contributed by atoms with E-state index in [1.54, 1.807) is 12.1 Å². The molecule has 0 aliphatic rings. The molecular weight excluding hydrogens is 270 g/mol. The van der Waals surface area contributed by atoms with Crippen molar-refractivity contribution in [3.8, 4) is 0 Å². The molecule has 0 atom stereocenters. The summed E-state index contributed by atoms with van der Waals surface area (Å²) in [5.41, 5.74) is 1.00. The van der Waals surface area contributed by atoms with Crippen LogP contribution in [0.5, 0.6) is 0 Å². The van der Waals surface area contributed by atoms with Crippen LogP contribution in [0.25, 0.3) is 0 Å². The van der Waals surface area contributed by atoms with E-state index in [0.717, 1.165) is 24.9 Å². The van der Waals surface area contributed by atoms with Crippen LogP contribution < -0.4 is 4.83 Å². The van der Waals surface area contributed by atoms with Gasteiger partial charge in [0.05, 0.1) is 4.90 Å². The summed E-state index contributed by atoms with van der Waals surface area (Å²) in [6, 6.07) is 6.09. The average Bonchev–Trinajstić information content (AvgIpc) is 2.27. The summed E-state index contributed by atoms with van der Waals surface area (Å²) in [7, 11) is -0.0974. The third-order valence-electron chi connectivity index (χ3n) is 2.50. The van der Waals surface area contributed by atoms with Gasteiger partial charge in [-0.3, -0.25) is 0 Å². The fourth-order valence-electron chi connectivity index (χ4n) is 1.59. The monoisotopic (exact) mass is 287 g/mol. The summed E-state index contributed by atoms with van der Waals surface area (Å²) in [6.07, 6.45) is 1.80. The number of benzene rings is 1. The summed E-state index contributed by atoms with van der Waals surface area (Å²) in [4.78, 5) is 13.4. The van der Waals surface area contributed by atoms with Gasteiger partial charge in [-0.05, 0) is 56.0 Å². The Hall–Kier alpha value is -1.67. The first-order valence-electron chi connectivity index (χ1n) is 5.72. The molecule has 106 valence electrons. The standard InChI is InChI=1S/C11H17N3O4S/c1-13(2)9-3-4-10-5-7-11(8-6-10)19(17,18)12-14(15)16/h5-8,12H,3-4,9H2,1-2H3. The predicted molar refractivity (Wildman–Crippen MR) is 70.6 cm³/mol. The molecule has 0 amide bonds. The highest BCUT2D eigenvalue weighted by Crippen LogP contribution is 2.11. The number of sulfonamides is 1. The van der Waals surface area contributed by atoms with Crippen LogP contribution in [0.4, 0.5) is 0 Å². The van der Waals surface area contributed by atoms with Gasteiger partial charge in [0.25, 0.3) is 0 Å². The Bertz CT molecular complexity index is 525. The number of rotatable bonds is 7. The van der Waals surface area contributed by atoms with Crippen molar-refractivity contribution in [3.63, 3.8) is 0 Å². The maximum absolute atomic E-state index is 11.5. The van der Waals surface area contributed by atoms with Gasteiger partial charge < -0.3 is 4.90 Å². The van der Waals surface area contributed by atoms with Crippen LogP contribution in [0, 0.1) is 10.1 Å². The number of hydrazine groups is 1. The van der Waals surface area contributed by atoms with Crippen molar-refractivity contribution in [2.45, 2.75) is 17.7 Å². The second kappa shape index (κ2) is 6.48. The van der Waals surface area contributed by atoms with E-state index in [2.05, 4.69) is 4.90 Å². The van der Waals surface area contributed by atoms with Crippen molar-refractivity contribution in [1.82, 2.24) is 9.73 Å². The van der Waals surface area contributed by atoms with Gasteiger partial charge in [-0.2, -0.15) is 8.42 Å². The molecule has 7 nitrogen and oxygen atoms in total. The van der Waals surface area contributed by atoms with Crippen molar-refractivity contribution < 1.29 is 13.5 Å². The molecule has 19 heavy (non-hydrogen) atoms. The van der Waals surface area contributed by atoms with Crippen molar-refractivity contribution in [1.29, 1.82) is 0 Å². The Morgan fingerprint density at radius 3 is 2.32 bits per heavy atom. The van der Waals surface area contributed by atoms with E-state index < -0.39 is 15.1 Å². The molecule has 8 heteroatoms. The van der Waals surface area contributed by atoms with E-state index in [0.29, 0.717) is 0 Å². The zero-order chi connectivity index (χ0) is 14.5. The molecular formula is C11H17N3O4S. The number of nitro groups is 1. The molecule has 0 saturated heterocycles. The van der Waals surface area contributed by atoms with Crippen LogP contribution >= 0.6 is 0 Å². The van der Waals surface area contributed by atoms with Crippen molar-refractivity contribution in [3.05, 3.63) is 39.9 Å². The first-order valence-corrected chi connectivity index (χ1v) is 7.20. The molecule has 1 aromatic carbocycles. The van der Waals surface area contributed by atoms with Gasteiger partial charge >= 0.3 is 10.0 Å². The minimum atomic E-state index is -4.07. The molecule has 1 rings (SSSR count). The van der Waals surface area contributed by atoms with E-state index in [1.165, 1.54) is 17.0 Å². The molecule has 1 aromatic rings. The lowest BCUT2D eigenvalue weighted by Gasteiger charge is -2.09. The summed E-state index contributed by atoms with van der Waals surface area (Å²) in [5.74, 6) is 0. The zero-order valence-electron chi connectivity index (χ0n) is 10.9. The number of nitrogens with zero attached hydrogens (tertiary/aromatic N) is 2. The van der Waals surface area contributed by atoms with E-state index in [4.69, 9.17) is 0 Å². The molecule has 0 radical (unpaired) electrons. The van der Waals surface area contributed by atoms with E-state index in [-0.39, 0.29) is 4.90 Å². The SMILES string of the molecule is CN(C)CCCc1ccc(S(=O)(=O)N[N+](=O)[O-])cc1. The van der Waals surface area contributed by atoms with Crippen LogP contribution in [-0.2, 0) is 16.4 Å². The third-order valence-corrected chi connectivity index (χ3v) is 3.78. The normalized spacial score (nSPS) is 11.5. The largest absolute Gasteiger partial charge is 0.311 e. The van der Waals surface area contributed by atoms with Gasteiger partial charge in [0, 0.05) is 0 Å². The highest BCUT2D eigenvalue weighted by molar-refractivity contribution is 7.89. The van der Waals surface area contributed by atoms with Gasteiger partial charge in [-0.25, -0.2) is 10.1 Å². The molecule has 0 fully saturated rings. The van der Waals surface area contributed by atoms with Gasteiger partial charge in [-0.1, -0.05) is 12.1 Å². The number of aryl methyl sites for hydroxylation is 1. The smallest absolute Gasteiger partial charge is 0.309 e. The van der Waals surface area contributed by atoms with Crippen LogP contribution in [0.15, 0.2) is 29.2 Å². The molecule has 0 aromatic heterocycles. The second-order valence-corrected chi connectivity index (χ2v) is 6.06. The maximum atomic E-state index is 11.5. The summed E-state index contributed by atoms with van der Waals surface area (Å²) >= 11 is 0. The van der Waals surface area contributed by atoms with Crippen molar-refractivity contribution in [2.24, 2.45) is 0 Å². The lowest BCUT2D eigenvalue weighted by atomic mass is 10.1. The molecule has 0 aliphatic carbocycles. The van der Waals surface area contributed by atoms with Crippen LogP contribution in [-0.4, -0.2) is 39.0 Å². The minimum Gasteiger partial charge on any atom is -0.309 e. The third kappa shape index (κ3) is 5.23. The summed E-state index contributed by atoms with van der Waals surface area (Å²) < 4.78 is 23.0. The van der Waals surface area contributed by atoms with Crippen LogP contribution in [0.2, 0.25) is 0 Å².